The molecule has 3 aliphatic heterocycles. The van der Waals surface area contributed by atoms with Crippen molar-refractivity contribution >= 4 is 56.8 Å². The molecule has 3 fully saturated rings. The van der Waals surface area contributed by atoms with Crippen LogP contribution in [0.5, 0.6) is 0 Å². The second-order valence-electron chi connectivity index (χ2n) is 9.88. The van der Waals surface area contributed by atoms with Crippen LogP contribution in [0.3, 0.4) is 0 Å². The van der Waals surface area contributed by atoms with Crippen LogP contribution in [0, 0.1) is 25.7 Å². The fourth-order valence-electron chi connectivity index (χ4n) is 6.16. The molecule has 3 saturated heterocycles. The Labute approximate surface area is 223 Å². The Hall–Kier alpha value is -2.36. The van der Waals surface area contributed by atoms with Crippen LogP contribution in [0.25, 0.3) is 0 Å². The summed E-state index contributed by atoms with van der Waals surface area (Å²) >= 11 is 5.39. The van der Waals surface area contributed by atoms with E-state index in [9.17, 15) is 19.5 Å². The SMILES string of the molecule is Cc1cccc(C)c1NC(=O)C1N(CCCO)C(=O)[C@@H]2[C@H](C(=O)Nc3ccccc3)[C@H]3SC12CC3Br. The number of alkyl halides is 1. The van der Waals surface area contributed by atoms with Crippen LogP contribution in [0.15, 0.2) is 48.5 Å². The van der Waals surface area contributed by atoms with Gasteiger partial charge in [-0.05, 0) is 49.9 Å². The van der Waals surface area contributed by atoms with Crippen molar-refractivity contribution in [3.8, 4) is 0 Å². The number of fused-ring (bicyclic) bond motifs is 1. The Kier molecular flexibility index (Phi) is 6.91. The van der Waals surface area contributed by atoms with Crippen molar-refractivity contribution in [3.63, 3.8) is 0 Å². The van der Waals surface area contributed by atoms with E-state index in [-0.39, 0.29) is 41.0 Å². The maximum atomic E-state index is 13.9. The largest absolute Gasteiger partial charge is 0.396 e. The normalized spacial score (nSPS) is 30.4. The van der Waals surface area contributed by atoms with Gasteiger partial charge < -0.3 is 20.6 Å². The number of hydrogen-bond donors (Lipinski definition) is 3. The van der Waals surface area contributed by atoms with E-state index in [0.717, 1.165) is 16.8 Å². The van der Waals surface area contributed by atoms with Crippen LogP contribution < -0.4 is 10.6 Å². The molecular formula is C27H30BrN3O4S. The molecule has 36 heavy (non-hydrogen) atoms. The van der Waals surface area contributed by atoms with Crippen molar-refractivity contribution in [2.75, 3.05) is 23.8 Å². The predicted octanol–water partition coefficient (Wildman–Crippen LogP) is 3.73. The first kappa shape index (κ1) is 25.3. The number of likely N-dealkylation sites (tertiary alicyclic amines) is 1. The molecule has 0 saturated carbocycles. The number of nitrogens with zero attached hydrogens (tertiary/aromatic N) is 1. The van der Waals surface area contributed by atoms with Crippen LogP contribution in [0.2, 0.25) is 0 Å². The number of amides is 3. The molecule has 9 heteroatoms. The quantitative estimate of drug-likeness (QED) is 0.440. The van der Waals surface area contributed by atoms with E-state index >= 15 is 0 Å². The topological polar surface area (TPSA) is 98.7 Å². The van der Waals surface area contributed by atoms with Gasteiger partial charge in [-0.1, -0.05) is 52.3 Å². The number of aryl methyl sites for hydroxylation is 2. The summed E-state index contributed by atoms with van der Waals surface area (Å²) in [4.78, 5) is 43.0. The van der Waals surface area contributed by atoms with Gasteiger partial charge in [-0.3, -0.25) is 14.4 Å². The molecule has 0 radical (unpaired) electrons. The molecule has 3 unspecified atom stereocenters. The number of anilines is 2. The second kappa shape index (κ2) is 9.84. The summed E-state index contributed by atoms with van der Waals surface area (Å²) in [5, 5.41) is 15.5. The van der Waals surface area contributed by atoms with E-state index in [4.69, 9.17) is 0 Å². The number of aliphatic hydroxyl groups is 1. The maximum absolute atomic E-state index is 13.9. The van der Waals surface area contributed by atoms with Crippen molar-refractivity contribution in [2.45, 2.75) is 47.6 Å². The molecule has 3 heterocycles. The molecule has 190 valence electrons. The number of halogens is 1. The van der Waals surface area contributed by atoms with Gasteiger partial charge in [0.05, 0.1) is 16.6 Å². The van der Waals surface area contributed by atoms with Crippen LogP contribution >= 0.6 is 27.7 Å². The minimum atomic E-state index is -0.731. The fourth-order valence-corrected chi connectivity index (χ4v) is 9.77. The molecule has 3 N–H and O–H groups in total. The van der Waals surface area contributed by atoms with E-state index in [1.54, 1.807) is 16.7 Å². The summed E-state index contributed by atoms with van der Waals surface area (Å²) in [6.45, 7) is 4.08. The molecule has 2 bridgehead atoms. The average molecular weight is 573 g/mol. The first-order valence-electron chi connectivity index (χ1n) is 12.2. The molecule has 7 nitrogen and oxygen atoms in total. The van der Waals surface area contributed by atoms with E-state index < -0.39 is 22.6 Å². The molecule has 2 aromatic carbocycles. The monoisotopic (exact) mass is 571 g/mol. The number of benzene rings is 2. The number of para-hydroxylation sites is 2. The summed E-state index contributed by atoms with van der Waals surface area (Å²) in [5.74, 6) is -1.76. The van der Waals surface area contributed by atoms with Gasteiger partial charge in [0.2, 0.25) is 17.7 Å². The predicted molar refractivity (Wildman–Crippen MR) is 145 cm³/mol. The average Bonchev–Trinajstić information content (AvgIpc) is 3.44. The lowest BCUT2D eigenvalue weighted by Crippen LogP contribution is -2.53. The second-order valence-corrected chi connectivity index (χ2v) is 12.6. The third-order valence-corrected chi connectivity index (χ3v) is 10.9. The van der Waals surface area contributed by atoms with E-state index in [1.807, 2.05) is 62.4 Å². The van der Waals surface area contributed by atoms with Crippen molar-refractivity contribution < 1.29 is 19.5 Å². The summed E-state index contributed by atoms with van der Waals surface area (Å²) < 4.78 is -0.718. The van der Waals surface area contributed by atoms with Gasteiger partial charge >= 0.3 is 0 Å². The number of aliphatic hydroxyl groups excluding tert-OH is 1. The number of thioether (sulfide) groups is 1. The van der Waals surface area contributed by atoms with Crippen molar-refractivity contribution in [1.29, 1.82) is 0 Å². The Balaban J connectivity index is 1.50. The standard InChI is InChI=1S/C27H30BrN3O4S/c1-15-8-6-9-16(2)21(15)30-25(34)23-27-14-18(28)22(36-27)19(20(27)26(35)31(23)12-7-13-32)24(33)29-17-10-4-3-5-11-17/h3-6,8-11,18-20,22-23,32H,7,12-14H2,1-2H3,(H,29,33)(H,30,34)/t18?,19-,20-,22-,23?,27?/m0/s1. The Morgan fingerprint density at radius 1 is 1.08 bits per heavy atom. The molecule has 2 aromatic rings. The lowest BCUT2D eigenvalue weighted by Gasteiger charge is -2.35. The van der Waals surface area contributed by atoms with E-state index in [2.05, 4.69) is 26.6 Å². The third-order valence-electron chi connectivity index (χ3n) is 7.67. The fraction of sp³-hybridized carbons (Fsp3) is 0.444. The molecule has 5 rings (SSSR count). The number of carbonyl (C=O) groups is 3. The summed E-state index contributed by atoms with van der Waals surface area (Å²) in [5.41, 5.74) is 3.33. The van der Waals surface area contributed by atoms with Crippen LogP contribution in [0.4, 0.5) is 11.4 Å². The van der Waals surface area contributed by atoms with Gasteiger partial charge in [-0.25, -0.2) is 0 Å². The van der Waals surface area contributed by atoms with Crippen molar-refractivity contribution in [1.82, 2.24) is 4.90 Å². The summed E-state index contributed by atoms with van der Waals surface area (Å²) in [6.07, 6.45) is 0.989. The zero-order valence-electron chi connectivity index (χ0n) is 20.2. The Bertz CT molecular complexity index is 1170. The Morgan fingerprint density at radius 3 is 2.44 bits per heavy atom. The summed E-state index contributed by atoms with van der Waals surface area (Å²) in [6, 6.07) is 14.3. The first-order chi connectivity index (χ1) is 17.3. The molecule has 0 aliphatic carbocycles. The molecule has 3 aliphatic rings. The highest BCUT2D eigenvalue weighted by Gasteiger charge is 2.75. The zero-order chi connectivity index (χ0) is 25.6. The molecule has 6 atom stereocenters. The smallest absolute Gasteiger partial charge is 0.248 e. The number of carbonyl (C=O) groups excluding carboxylic acids is 3. The third kappa shape index (κ3) is 4.05. The maximum Gasteiger partial charge on any atom is 0.248 e. The van der Waals surface area contributed by atoms with Crippen LogP contribution in [-0.4, -0.2) is 61.7 Å². The summed E-state index contributed by atoms with van der Waals surface area (Å²) in [7, 11) is 0. The number of rotatable bonds is 7. The van der Waals surface area contributed by atoms with Gasteiger partial charge in [-0.2, -0.15) is 0 Å². The minimum absolute atomic E-state index is 0.00589. The van der Waals surface area contributed by atoms with Gasteiger partial charge in [0, 0.05) is 34.6 Å². The molecular weight excluding hydrogens is 542 g/mol. The zero-order valence-corrected chi connectivity index (χ0v) is 22.6. The van der Waals surface area contributed by atoms with Gasteiger partial charge in [0.1, 0.15) is 6.04 Å². The molecule has 1 spiro atoms. The van der Waals surface area contributed by atoms with Crippen LogP contribution in [0.1, 0.15) is 24.0 Å². The van der Waals surface area contributed by atoms with Crippen molar-refractivity contribution in [3.05, 3.63) is 59.7 Å². The highest BCUT2D eigenvalue weighted by Crippen LogP contribution is 2.67. The van der Waals surface area contributed by atoms with E-state index in [1.165, 1.54) is 0 Å². The molecule has 3 amide bonds. The van der Waals surface area contributed by atoms with Gasteiger partial charge in [0.15, 0.2) is 0 Å². The highest BCUT2D eigenvalue weighted by atomic mass is 79.9. The number of hydrogen-bond acceptors (Lipinski definition) is 5. The molecule has 0 aromatic heterocycles. The number of nitrogens with one attached hydrogen (secondary N) is 2. The van der Waals surface area contributed by atoms with Crippen molar-refractivity contribution in [2.24, 2.45) is 11.8 Å². The van der Waals surface area contributed by atoms with Gasteiger partial charge in [0.25, 0.3) is 0 Å². The highest BCUT2D eigenvalue weighted by molar-refractivity contribution is 9.09. The first-order valence-corrected chi connectivity index (χ1v) is 14.0. The lowest BCUT2D eigenvalue weighted by molar-refractivity contribution is -0.138. The minimum Gasteiger partial charge on any atom is -0.396 e. The lowest BCUT2D eigenvalue weighted by atomic mass is 9.70. The van der Waals surface area contributed by atoms with Crippen LogP contribution in [-0.2, 0) is 14.4 Å². The Morgan fingerprint density at radius 2 is 1.78 bits per heavy atom. The van der Waals surface area contributed by atoms with Gasteiger partial charge in [-0.15, -0.1) is 11.8 Å². The van der Waals surface area contributed by atoms with E-state index in [0.29, 0.717) is 18.5 Å².